The topological polar surface area (TPSA) is 59.1 Å². The van der Waals surface area contributed by atoms with E-state index >= 15 is 0 Å². The Balaban J connectivity index is 1.66. The Morgan fingerprint density at radius 2 is 2.18 bits per heavy atom. The summed E-state index contributed by atoms with van der Waals surface area (Å²) in [5.41, 5.74) is 1.98. The number of rotatable bonds is 4. The van der Waals surface area contributed by atoms with Crippen molar-refractivity contribution in [3.8, 4) is 0 Å². The third kappa shape index (κ3) is 3.59. The molecule has 1 atom stereocenters. The average Bonchev–Trinajstić information content (AvgIpc) is 2.49. The summed E-state index contributed by atoms with van der Waals surface area (Å²) >= 11 is 6.19. The quantitative estimate of drug-likeness (QED) is 0.931. The van der Waals surface area contributed by atoms with Crippen molar-refractivity contribution in [2.24, 2.45) is 5.92 Å². The van der Waals surface area contributed by atoms with Crippen LogP contribution in [0.25, 0.3) is 10.9 Å². The van der Waals surface area contributed by atoms with Gasteiger partial charge in [0.05, 0.1) is 17.0 Å². The van der Waals surface area contributed by atoms with E-state index in [1.165, 1.54) is 0 Å². The summed E-state index contributed by atoms with van der Waals surface area (Å²) in [6.45, 7) is 1.39. The molecule has 3 rings (SSSR count). The first-order valence-electron chi connectivity index (χ1n) is 7.48. The first kappa shape index (κ1) is 15.7. The smallest absolute Gasteiger partial charge is 0.150 e. The minimum atomic E-state index is -2.84. The summed E-state index contributed by atoms with van der Waals surface area (Å²) in [6, 6.07) is 7.69. The van der Waals surface area contributed by atoms with E-state index in [0.717, 1.165) is 35.9 Å². The zero-order valence-electron chi connectivity index (χ0n) is 12.3. The molecular formula is C16H19ClN2O2S. The number of fused-ring (bicyclic) bond motifs is 1. The van der Waals surface area contributed by atoms with Gasteiger partial charge in [-0.05, 0) is 49.1 Å². The summed E-state index contributed by atoms with van der Waals surface area (Å²) in [5.74, 6) is 0.861. The molecule has 1 aromatic heterocycles. The predicted octanol–water partition coefficient (Wildman–Crippen LogP) is 2.80. The molecule has 1 aliphatic rings. The second kappa shape index (κ2) is 6.52. The Hall–Kier alpha value is -1.17. The van der Waals surface area contributed by atoms with Gasteiger partial charge in [0.1, 0.15) is 0 Å². The highest BCUT2D eigenvalue weighted by Crippen LogP contribution is 2.25. The number of nitrogens with one attached hydrogen (secondary N) is 1. The lowest BCUT2D eigenvalue weighted by atomic mass is 10.1. The maximum Gasteiger partial charge on any atom is 0.150 e. The monoisotopic (exact) mass is 338 g/mol. The van der Waals surface area contributed by atoms with Crippen molar-refractivity contribution >= 4 is 32.3 Å². The lowest BCUT2D eigenvalue weighted by Gasteiger charge is -2.22. The fraction of sp³-hybridized carbons (Fsp3) is 0.438. The van der Waals surface area contributed by atoms with Gasteiger partial charge >= 0.3 is 0 Å². The molecule has 4 nitrogen and oxygen atoms in total. The molecule has 6 heteroatoms. The maximum atomic E-state index is 11.7. The fourth-order valence-electron chi connectivity index (χ4n) is 3.03. The summed E-state index contributed by atoms with van der Waals surface area (Å²) in [6.07, 6.45) is 3.52. The van der Waals surface area contributed by atoms with Crippen LogP contribution >= 0.6 is 11.6 Å². The van der Waals surface area contributed by atoms with E-state index < -0.39 is 9.84 Å². The molecular weight excluding hydrogens is 320 g/mol. The van der Waals surface area contributed by atoms with Gasteiger partial charge in [-0.1, -0.05) is 17.7 Å². The summed E-state index contributed by atoms with van der Waals surface area (Å²) in [7, 11) is -2.84. The van der Waals surface area contributed by atoms with Crippen molar-refractivity contribution in [2.45, 2.75) is 19.4 Å². The number of halogens is 1. The molecule has 0 unspecified atom stereocenters. The molecule has 0 saturated carbocycles. The summed E-state index contributed by atoms with van der Waals surface area (Å²) in [5, 5.41) is 5.02. The highest BCUT2D eigenvalue weighted by molar-refractivity contribution is 7.91. The van der Waals surface area contributed by atoms with Crippen LogP contribution in [0.4, 0.5) is 0 Å². The van der Waals surface area contributed by atoms with Crippen molar-refractivity contribution in [1.82, 2.24) is 10.3 Å². The van der Waals surface area contributed by atoms with Crippen LogP contribution in [-0.2, 0) is 16.4 Å². The molecule has 1 aromatic carbocycles. The second-order valence-corrected chi connectivity index (χ2v) is 8.50. The Labute approximate surface area is 135 Å². The van der Waals surface area contributed by atoms with Gasteiger partial charge in [0.2, 0.25) is 0 Å². The average molecular weight is 339 g/mol. The number of benzene rings is 1. The number of hydrogen-bond acceptors (Lipinski definition) is 4. The van der Waals surface area contributed by atoms with Crippen LogP contribution in [0.1, 0.15) is 18.4 Å². The highest BCUT2D eigenvalue weighted by atomic mass is 35.5. The van der Waals surface area contributed by atoms with Gasteiger partial charge in [-0.25, -0.2) is 8.42 Å². The first-order chi connectivity index (χ1) is 10.6. The lowest BCUT2D eigenvalue weighted by Crippen LogP contribution is -2.32. The third-order valence-corrected chi connectivity index (χ3v) is 6.33. The summed E-state index contributed by atoms with van der Waals surface area (Å²) in [4.78, 5) is 4.41. The van der Waals surface area contributed by atoms with Gasteiger partial charge in [0, 0.05) is 23.2 Å². The normalized spacial score (nSPS) is 21.0. The van der Waals surface area contributed by atoms with Gasteiger partial charge in [0.25, 0.3) is 0 Å². The number of aromatic nitrogens is 1. The van der Waals surface area contributed by atoms with Crippen molar-refractivity contribution in [3.05, 3.63) is 41.0 Å². The zero-order valence-corrected chi connectivity index (χ0v) is 13.8. The Morgan fingerprint density at radius 1 is 1.32 bits per heavy atom. The molecule has 0 spiro atoms. The largest absolute Gasteiger partial charge is 0.312 e. The van der Waals surface area contributed by atoms with Gasteiger partial charge < -0.3 is 5.32 Å². The van der Waals surface area contributed by atoms with Crippen LogP contribution in [0, 0.1) is 5.92 Å². The fourth-order valence-corrected chi connectivity index (χ4v) is 5.02. The van der Waals surface area contributed by atoms with E-state index in [1.807, 2.05) is 24.3 Å². The lowest BCUT2D eigenvalue weighted by molar-refractivity contribution is 0.453. The van der Waals surface area contributed by atoms with Gasteiger partial charge in [-0.15, -0.1) is 0 Å². The van der Waals surface area contributed by atoms with Crippen LogP contribution in [-0.4, -0.2) is 31.5 Å². The summed E-state index contributed by atoms with van der Waals surface area (Å²) < 4.78 is 23.3. The standard InChI is InChI=1S/C16H19ClN2O2S/c17-15-6-5-13(16-14(15)4-1-7-19-16)10-18-9-12-3-2-8-22(20,21)11-12/h1,4-7,12,18H,2-3,8-11H2/t12-/m0/s1. The highest BCUT2D eigenvalue weighted by Gasteiger charge is 2.24. The number of sulfone groups is 1. The molecule has 1 N–H and O–H groups in total. The molecule has 0 aliphatic carbocycles. The third-order valence-electron chi connectivity index (χ3n) is 4.11. The molecule has 0 radical (unpaired) electrons. The Kier molecular flexibility index (Phi) is 4.66. The molecule has 1 aliphatic heterocycles. The number of pyridine rings is 1. The van der Waals surface area contributed by atoms with Crippen LogP contribution in [0.2, 0.25) is 5.02 Å². The number of hydrogen-bond donors (Lipinski definition) is 1. The Bertz CT molecular complexity index is 777. The van der Waals surface area contributed by atoms with E-state index in [9.17, 15) is 8.42 Å². The zero-order chi connectivity index (χ0) is 15.6. The minimum Gasteiger partial charge on any atom is -0.312 e. The van der Waals surface area contributed by atoms with Crippen LogP contribution < -0.4 is 5.32 Å². The van der Waals surface area contributed by atoms with Crippen LogP contribution in [0.3, 0.4) is 0 Å². The van der Waals surface area contributed by atoms with E-state index in [1.54, 1.807) is 6.20 Å². The van der Waals surface area contributed by atoms with Crippen LogP contribution in [0.15, 0.2) is 30.5 Å². The van der Waals surface area contributed by atoms with E-state index in [2.05, 4.69) is 10.3 Å². The molecule has 1 fully saturated rings. The van der Waals surface area contributed by atoms with Crippen molar-refractivity contribution in [2.75, 3.05) is 18.1 Å². The maximum absolute atomic E-state index is 11.7. The second-order valence-electron chi connectivity index (χ2n) is 5.86. The molecule has 22 heavy (non-hydrogen) atoms. The predicted molar refractivity (Wildman–Crippen MR) is 89.8 cm³/mol. The van der Waals surface area contributed by atoms with Crippen molar-refractivity contribution in [3.63, 3.8) is 0 Å². The molecule has 2 heterocycles. The van der Waals surface area contributed by atoms with E-state index in [-0.39, 0.29) is 5.92 Å². The van der Waals surface area contributed by atoms with E-state index in [0.29, 0.717) is 23.1 Å². The van der Waals surface area contributed by atoms with Gasteiger partial charge in [-0.2, -0.15) is 0 Å². The minimum absolute atomic E-state index is 0.213. The molecule has 0 bridgehead atoms. The Morgan fingerprint density at radius 3 is 3.00 bits per heavy atom. The SMILES string of the molecule is O=S1(=O)CCC[C@@H](CNCc2ccc(Cl)c3cccnc23)C1. The van der Waals surface area contributed by atoms with Crippen molar-refractivity contribution < 1.29 is 8.42 Å². The molecule has 118 valence electrons. The number of nitrogens with zero attached hydrogens (tertiary/aromatic N) is 1. The van der Waals surface area contributed by atoms with E-state index in [4.69, 9.17) is 11.6 Å². The molecule has 2 aromatic rings. The van der Waals surface area contributed by atoms with Crippen LogP contribution in [0.5, 0.6) is 0 Å². The first-order valence-corrected chi connectivity index (χ1v) is 9.68. The van der Waals surface area contributed by atoms with Crippen molar-refractivity contribution in [1.29, 1.82) is 0 Å². The van der Waals surface area contributed by atoms with Gasteiger partial charge in [-0.3, -0.25) is 4.98 Å². The molecule has 0 amide bonds. The molecule has 1 saturated heterocycles. The van der Waals surface area contributed by atoms with Gasteiger partial charge in [0.15, 0.2) is 9.84 Å².